The van der Waals surface area contributed by atoms with Gasteiger partial charge in [0, 0.05) is 17.3 Å². The predicted molar refractivity (Wildman–Crippen MR) is 64.1 cm³/mol. The first-order chi connectivity index (χ1) is 8.51. The molecule has 1 aromatic heterocycles. The van der Waals surface area contributed by atoms with Gasteiger partial charge in [-0.1, -0.05) is 11.6 Å². The minimum absolute atomic E-state index is 0.0448. The lowest BCUT2D eigenvalue weighted by Gasteiger charge is -2.11. The van der Waals surface area contributed by atoms with E-state index in [1.54, 1.807) is 6.92 Å². The van der Waals surface area contributed by atoms with Crippen LogP contribution < -0.4 is 0 Å². The SMILES string of the molecule is CCOC(=O)Cc1cnc(C(F)F)c(CCl)c1Cl. The van der Waals surface area contributed by atoms with Crippen LogP contribution >= 0.6 is 23.2 Å². The maximum Gasteiger partial charge on any atom is 0.310 e. The highest BCUT2D eigenvalue weighted by atomic mass is 35.5. The van der Waals surface area contributed by atoms with Crippen LogP contribution in [0.25, 0.3) is 0 Å². The van der Waals surface area contributed by atoms with Crippen molar-refractivity contribution in [2.45, 2.75) is 25.7 Å². The quantitative estimate of drug-likeness (QED) is 0.617. The number of esters is 1. The van der Waals surface area contributed by atoms with Crippen molar-refractivity contribution in [1.82, 2.24) is 4.98 Å². The third-order valence-electron chi connectivity index (χ3n) is 2.20. The molecule has 0 bridgehead atoms. The summed E-state index contributed by atoms with van der Waals surface area (Å²) in [5, 5.41) is 0.0448. The molecule has 0 spiro atoms. The standard InChI is InChI=1S/C11H11Cl2F2NO2/c1-2-18-8(17)3-6-5-16-10(11(14)15)7(4-12)9(6)13/h5,11H,2-4H2,1H3. The second kappa shape index (κ2) is 6.85. The van der Waals surface area contributed by atoms with E-state index >= 15 is 0 Å². The third-order valence-corrected chi connectivity index (χ3v) is 2.93. The van der Waals surface area contributed by atoms with E-state index in [0.29, 0.717) is 5.56 Å². The number of alkyl halides is 3. The molecule has 0 aliphatic carbocycles. The molecule has 0 aromatic carbocycles. The van der Waals surface area contributed by atoms with Crippen molar-refractivity contribution >= 4 is 29.2 Å². The highest BCUT2D eigenvalue weighted by molar-refractivity contribution is 6.33. The smallest absolute Gasteiger partial charge is 0.310 e. The lowest BCUT2D eigenvalue weighted by Crippen LogP contribution is -2.10. The number of hydrogen-bond acceptors (Lipinski definition) is 3. The number of pyridine rings is 1. The van der Waals surface area contributed by atoms with Gasteiger partial charge in [0.1, 0.15) is 5.69 Å². The maximum absolute atomic E-state index is 12.6. The third kappa shape index (κ3) is 3.53. The van der Waals surface area contributed by atoms with E-state index in [4.69, 9.17) is 27.9 Å². The van der Waals surface area contributed by atoms with Gasteiger partial charge in [-0.3, -0.25) is 9.78 Å². The molecule has 0 amide bonds. The number of rotatable bonds is 5. The van der Waals surface area contributed by atoms with E-state index in [1.807, 2.05) is 0 Å². The molecular formula is C11H11Cl2F2NO2. The van der Waals surface area contributed by atoms with Gasteiger partial charge in [0.05, 0.1) is 23.9 Å². The molecule has 0 unspecified atom stereocenters. The van der Waals surface area contributed by atoms with Crippen LogP contribution in [0.2, 0.25) is 5.02 Å². The molecule has 1 rings (SSSR count). The first-order valence-electron chi connectivity index (χ1n) is 5.17. The molecule has 3 nitrogen and oxygen atoms in total. The van der Waals surface area contributed by atoms with Gasteiger partial charge in [-0.2, -0.15) is 0 Å². The Morgan fingerprint density at radius 3 is 2.72 bits per heavy atom. The Morgan fingerprint density at radius 1 is 1.56 bits per heavy atom. The Balaban J connectivity index is 3.05. The Kier molecular flexibility index (Phi) is 5.75. The number of halogens is 4. The Bertz CT molecular complexity index is 441. The molecule has 0 fully saturated rings. The van der Waals surface area contributed by atoms with E-state index in [1.165, 1.54) is 0 Å². The monoisotopic (exact) mass is 297 g/mol. The van der Waals surface area contributed by atoms with Gasteiger partial charge >= 0.3 is 5.97 Å². The minimum Gasteiger partial charge on any atom is -0.466 e. The fourth-order valence-electron chi connectivity index (χ4n) is 1.39. The van der Waals surface area contributed by atoms with Crippen molar-refractivity contribution in [1.29, 1.82) is 0 Å². The number of hydrogen-bond donors (Lipinski definition) is 0. The van der Waals surface area contributed by atoms with Crippen LogP contribution in [0.5, 0.6) is 0 Å². The van der Waals surface area contributed by atoms with Gasteiger partial charge in [0.15, 0.2) is 0 Å². The molecule has 0 atom stereocenters. The molecular weight excluding hydrogens is 287 g/mol. The molecule has 0 saturated heterocycles. The molecule has 1 heterocycles. The number of aromatic nitrogens is 1. The average Bonchev–Trinajstić information content (AvgIpc) is 2.31. The summed E-state index contributed by atoms with van der Waals surface area (Å²) >= 11 is 11.5. The number of nitrogens with zero attached hydrogens (tertiary/aromatic N) is 1. The zero-order valence-corrected chi connectivity index (χ0v) is 11.1. The zero-order valence-electron chi connectivity index (χ0n) is 9.55. The first-order valence-corrected chi connectivity index (χ1v) is 6.08. The van der Waals surface area contributed by atoms with Crippen LogP contribution in [-0.2, 0) is 21.8 Å². The Morgan fingerprint density at radius 2 is 2.22 bits per heavy atom. The molecule has 0 radical (unpaired) electrons. The fourth-order valence-corrected chi connectivity index (χ4v) is 2.01. The molecule has 0 saturated carbocycles. The van der Waals surface area contributed by atoms with Crippen molar-refractivity contribution in [3.8, 4) is 0 Å². The highest BCUT2D eigenvalue weighted by Crippen LogP contribution is 2.30. The largest absolute Gasteiger partial charge is 0.466 e. The van der Waals surface area contributed by atoms with Crippen molar-refractivity contribution < 1.29 is 18.3 Å². The van der Waals surface area contributed by atoms with Gasteiger partial charge in [-0.05, 0) is 6.92 Å². The molecule has 0 aliphatic heterocycles. The summed E-state index contributed by atoms with van der Waals surface area (Å²) in [6.45, 7) is 1.91. The molecule has 18 heavy (non-hydrogen) atoms. The molecule has 1 aromatic rings. The van der Waals surface area contributed by atoms with Gasteiger partial charge < -0.3 is 4.74 Å². The maximum atomic E-state index is 12.6. The number of carbonyl (C=O) groups is 1. The zero-order chi connectivity index (χ0) is 13.7. The summed E-state index contributed by atoms with van der Waals surface area (Å²) in [6.07, 6.45) is -1.72. The van der Waals surface area contributed by atoms with Crippen molar-refractivity contribution in [2.24, 2.45) is 0 Å². The van der Waals surface area contributed by atoms with Crippen LogP contribution in [0.3, 0.4) is 0 Å². The van der Waals surface area contributed by atoms with Crippen molar-refractivity contribution in [3.05, 3.63) is 28.0 Å². The average molecular weight is 298 g/mol. The number of carbonyl (C=O) groups excluding carboxylic acids is 1. The lowest BCUT2D eigenvalue weighted by molar-refractivity contribution is -0.142. The van der Waals surface area contributed by atoms with E-state index in [0.717, 1.165) is 6.20 Å². The molecule has 100 valence electrons. The van der Waals surface area contributed by atoms with Crippen LogP contribution in [0.1, 0.15) is 30.2 Å². The van der Waals surface area contributed by atoms with E-state index in [-0.39, 0.29) is 29.5 Å². The summed E-state index contributed by atoms with van der Waals surface area (Å²) in [7, 11) is 0. The summed E-state index contributed by atoms with van der Waals surface area (Å²) < 4.78 is 30.0. The van der Waals surface area contributed by atoms with E-state index in [2.05, 4.69) is 4.98 Å². The Hall–Kier alpha value is -0.940. The number of ether oxygens (including phenoxy) is 1. The summed E-state index contributed by atoms with van der Waals surface area (Å²) in [5.41, 5.74) is -0.0760. The normalized spacial score (nSPS) is 10.8. The van der Waals surface area contributed by atoms with Crippen molar-refractivity contribution in [3.63, 3.8) is 0 Å². The van der Waals surface area contributed by atoms with Crippen LogP contribution in [-0.4, -0.2) is 17.6 Å². The lowest BCUT2D eigenvalue weighted by atomic mass is 10.1. The first kappa shape index (κ1) is 15.1. The van der Waals surface area contributed by atoms with Gasteiger partial charge in [-0.25, -0.2) is 8.78 Å². The summed E-state index contributed by atoms with van der Waals surface area (Å²) in [4.78, 5) is 14.9. The molecule has 0 N–H and O–H groups in total. The molecule has 7 heteroatoms. The summed E-state index contributed by atoms with van der Waals surface area (Å²) in [5.74, 6) is -0.686. The fraction of sp³-hybridized carbons (Fsp3) is 0.455. The highest BCUT2D eigenvalue weighted by Gasteiger charge is 2.20. The minimum atomic E-state index is -2.76. The van der Waals surface area contributed by atoms with Crippen LogP contribution in [0.4, 0.5) is 8.78 Å². The predicted octanol–water partition coefficient (Wildman–Crippen LogP) is 3.52. The Labute approximate surface area is 113 Å². The summed E-state index contributed by atoms with van der Waals surface area (Å²) in [6, 6.07) is 0. The van der Waals surface area contributed by atoms with Crippen molar-refractivity contribution in [2.75, 3.05) is 6.61 Å². The van der Waals surface area contributed by atoms with Gasteiger partial charge in [0.25, 0.3) is 6.43 Å². The molecule has 0 aliphatic rings. The second-order valence-corrected chi connectivity index (χ2v) is 4.02. The van der Waals surface area contributed by atoms with Gasteiger partial charge in [-0.15, -0.1) is 11.6 Å². The second-order valence-electron chi connectivity index (χ2n) is 3.38. The topological polar surface area (TPSA) is 39.2 Å². The van der Waals surface area contributed by atoms with Crippen LogP contribution in [0, 0.1) is 0 Å². The van der Waals surface area contributed by atoms with Gasteiger partial charge in [0.2, 0.25) is 0 Å². The van der Waals surface area contributed by atoms with E-state index < -0.39 is 18.1 Å². The van der Waals surface area contributed by atoms with Crippen LogP contribution in [0.15, 0.2) is 6.20 Å². The van der Waals surface area contributed by atoms with E-state index in [9.17, 15) is 13.6 Å².